The number of amides is 2. The van der Waals surface area contributed by atoms with Crippen LogP contribution in [0.3, 0.4) is 0 Å². The maximum absolute atomic E-state index is 12.1. The number of benzene rings is 1. The molecule has 1 aliphatic rings. The number of halogens is 3. The van der Waals surface area contributed by atoms with E-state index in [9.17, 15) is 22.8 Å². The van der Waals surface area contributed by atoms with Gasteiger partial charge in [-0.3, -0.25) is 9.59 Å². The Hall–Kier alpha value is -1.70. The zero-order chi connectivity index (χ0) is 14.8. The molecule has 1 aliphatic heterocycles. The van der Waals surface area contributed by atoms with Gasteiger partial charge in [-0.25, -0.2) is 0 Å². The summed E-state index contributed by atoms with van der Waals surface area (Å²) in [5.74, 6) is -0.937. The van der Waals surface area contributed by atoms with Gasteiger partial charge in [0.2, 0.25) is 11.8 Å². The minimum Gasteiger partial charge on any atom is -0.355 e. The quantitative estimate of drug-likeness (QED) is 0.843. The smallest absolute Gasteiger partial charge is 0.355 e. The Balaban J connectivity index is 1.93. The lowest BCUT2D eigenvalue weighted by atomic mass is 10.1. The number of nitrogens with one attached hydrogen (secondary N) is 2. The van der Waals surface area contributed by atoms with E-state index in [1.54, 1.807) is 0 Å². The zero-order valence-electron chi connectivity index (χ0n) is 10.2. The van der Waals surface area contributed by atoms with Gasteiger partial charge in [-0.05, 0) is 36.0 Å². The average molecular weight is 304 g/mol. The van der Waals surface area contributed by atoms with Crippen molar-refractivity contribution in [2.24, 2.45) is 5.92 Å². The molecule has 1 aromatic carbocycles. The summed E-state index contributed by atoms with van der Waals surface area (Å²) in [6.45, 7) is 0.284. The number of hydrogen-bond acceptors (Lipinski definition) is 3. The normalized spacial score (nSPS) is 18.8. The van der Waals surface area contributed by atoms with Crippen molar-refractivity contribution in [3.63, 3.8) is 0 Å². The predicted octanol–water partition coefficient (Wildman–Crippen LogP) is 2.37. The Morgan fingerprint density at radius 1 is 1.30 bits per heavy atom. The molecule has 0 bridgehead atoms. The number of carbonyl (C=O) groups excluding carboxylic acids is 2. The van der Waals surface area contributed by atoms with Crippen molar-refractivity contribution in [3.8, 4) is 0 Å². The summed E-state index contributed by atoms with van der Waals surface area (Å²) in [5.41, 5.74) is -3.93. The molecule has 0 saturated carbocycles. The summed E-state index contributed by atoms with van der Waals surface area (Å²) < 4.78 is 36.4. The van der Waals surface area contributed by atoms with Gasteiger partial charge in [0.15, 0.2) is 0 Å². The van der Waals surface area contributed by atoms with E-state index in [0.717, 1.165) is 0 Å². The van der Waals surface area contributed by atoms with Crippen LogP contribution in [-0.2, 0) is 9.59 Å². The van der Waals surface area contributed by atoms with Crippen LogP contribution >= 0.6 is 11.8 Å². The van der Waals surface area contributed by atoms with Crippen molar-refractivity contribution >= 4 is 29.3 Å². The van der Waals surface area contributed by atoms with E-state index in [2.05, 4.69) is 10.6 Å². The molecule has 2 N–H and O–H groups in total. The largest absolute Gasteiger partial charge is 0.446 e. The molecular formula is C12H11F3N2O2S. The molecule has 4 nitrogen and oxygen atoms in total. The predicted molar refractivity (Wildman–Crippen MR) is 68.1 cm³/mol. The summed E-state index contributed by atoms with van der Waals surface area (Å²) >= 11 is -0.213. The van der Waals surface area contributed by atoms with E-state index in [4.69, 9.17) is 0 Å². The van der Waals surface area contributed by atoms with Gasteiger partial charge in [-0.15, -0.1) is 0 Å². The summed E-state index contributed by atoms with van der Waals surface area (Å²) in [6.07, 6.45) is 0.133. The van der Waals surface area contributed by atoms with Crippen LogP contribution in [0.1, 0.15) is 6.42 Å². The van der Waals surface area contributed by atoms with Crippen molar-refractivity contribution in [1.29, 1.82) is 0 Å². The van der Waals surface area contributed by atoms with Gasteiger partial charge in [-0.1, -0.05) is 0 Å². The highest BCUT2D eigenvalue weighted by Gasteiger charge is 2.29. The van der Waals surface area contributed by atoms with Gasteiger partial charge in [-0.2, -0.15) is 13.2 Å². The Kier molecular flexibility index (Phi) is 4.22. The molecule has 0 aromatic heterocycles. The molecule has 1 saturated heterocycles. The van der Waals surface area contributed by atoms with Gasteiger partial charge in [0.25, 0.3) is 0 Å². The number of rotatable bonds is 3. The third kappa shape index (κ3) is 4.16. The second-order valence-corrected chi connectivity index (χ2v) is 5.40. The number of hydrogen-bond donors (Lipinski definition) is 2. The molecular weight excluding hydrogens is 293 g/mol. The maximum atomic E-state index is 12.1. The minimum absolute atomic E-state index is 0.0493. The Bertz CT molecular complexity index is 516. The summed E-state index contributed by atoms with van der Waals surface area (Å²) in [7, 11) is 0. The first-order chi connectivity index (χ1) is 9.33. The molecule has 2 rings (SSSR count). The lowest BCUT2D eigenvalue weighted by molar-refractivity contribution is -0.123. The number of carbonyl (C=O) groups is 2. The maximum Gasteiger partial charge on any atom is 0.446 e. The van der Waals surface area contributed by atoms with Gasteiger partial charge in [0.05, 0.1) is 5.92 Å². The van der Waals surface area contributed by atoms with Crippen LogP contribution in [-0.4, -0.2) is 23.9 Å². The van der Waals surface area contributed by atoms with Crippen molar-refractivity contribution in [2.75, 3.05) is 11.9 Å². The van der Waals surface area contributed by atoms with Crippen LogP contribution in [0.5, 0.6) is 0 Å². The van der Waals surface area contributed by atoms with Crippen LogP contribution in [0.15, 0.2) is 29.2 Å². The fraction of sp³-hybridized carbons (Fsp3) is 0.333. The summed E-state index contributed by atoms with van der Waals surface area (Å²) in [6, 6.07) is 5.37. The van der Waals surface area contributed by atoms with E-state index in [1.807, 2.05) is 0 Å². The topological polar surface area (TPSA) is 58.2 Å². The monoisotopic (exact) mass is 304 g/mol. The third-order valence-electron chi connectivity index (χ3n) is 2.70. The molecule has 8 heteroatoms. The molecule has 1 aromatic rings. The first kappa shape index (κ1) is 14.7. The standard InChI is InChI=1S/C12H11F3N2O2S/c13-12(14,15)20-9-3-1-8(2-4-9)17-11(19)7-5-10(18)16-6-7/h1-4,7H,5-6H2,(H,16,18)(H,17,19). The van der Waals surface area contributed by atoms with Crippen LogP contribution < -0.4 is 10.6 Å². The molecule has 0 aliphatic carbocycles. The van der Waals surface area contributed by atoms with Gasteiger partial charge in [0.1, 0.15) is 0 Å². The first-order valence-electron chi connectivity index (χ1n) is 5.77. The molecule has 2 amide bonds. The highest BCUT2D eigenvalue weighted by Crippen LogP contribution is 2.37. The van der Waals surface area contributed by atoms with E-state index < -0.39 is 11.4 Å². The molecule has 1 atom stereocenters. The van der Waals surface area contributed by atoms with E-state index >= 15 is 0 Å². The van der Waals surface area contributed by atoms with Crippen LogP contribution in [0.2, 0.25) is 0 Å². The second-order valence-electron chi connectivity index (χ2n) is 4.27. The number of alkyl halides is 3. The van der Waals surface area contributed by atoms with Crippen molar-refractivity contribution in [3.05, 3.63) is 24.3 Å². The highest BCUT2D eigenvalue weighted by molar-refractivity contribution is 8.00. The Morgan fingerprint density at radius 3 is 2.45 bits per heavy atom. The first-order valence-corrected chi connectivity index (χ1v) is 6.58. The Labute approximate surface area is 117 Å². The van der Waals surface area contributed by atoms with Gasteiger partial charge in [0, 0.05) is 23.5 Å². The van der Waals surface area contributed by atoms with E-state index in [-0.39, 0.29) is 41.4 Å². The van der Waals surface area contributed by atoms with Crippen LogP contribution in [0.25, 0.3) is 0 Å². The fourth-order valence-electron chi connectivity index (χ4n) is 1.77. The van der Waals surface area contributed by atoms with E-state index in [0.29, 0.717) is 5.69 Å². The summed E-state index contributed by atoms with van der Waals surface area (Å²) in [5, 5.41) is 5.12. The fourth-order valence-corrected chi connectivity index (χ4v) is 2.31. The minimum atomic E-state index is -4.33. The summed E-state index contributed by atoms with van der Waals surface area (Å²) in [4.78, 5) is 22.8. The van der Waals surface area contributed by atoms with Crippen LogP contribution in [0, 0.1) is 5.92 Å². The van der Waals surface area contributed by atoms with Crippen molar-refractivity contribution < 1.29 is 22.8 Å². The molecule has 1 unspecified atom stereocenters. The SMILES string of the molecule is O=C1CC(C(=O)Nc2ccc(SC(F)(F)F)cc2)CN1. The molecule has 0 spiro atoms. The molecule has 1 fully saturated rings. The molecule has 0 radical (unpaired) electrons. The van der Waals surface area contributed by atoms with Gasteiger partial charge >= 0.3 is 5.51 Å². The molecule has 1 heterocycles. The van der Waals surface area contributed by atoms with Crippen LogP contribution in [0.4, 0.5) is 18.9 Å². The average Bonchev–Trinajstić information content (AvgIpc) is 2.77. The van der Waals surface area contributed by atoms with E-state index in [1.165, 1.54) is 24.3 Å². The second kappa shape index (κ2) is 5.74. The Morgan fingerprint density at radius 2 is 1.95 bits per heavy atom. The number of anilines is 1. The molecule has 108 valence electrons. The van der Waals surface area contributed by atoms with Gasteiger partial charge < -0.3 is 10.6 Å². The van der Waals surface area contributed by atoms with Crippen molar-refractivity contribution in [2.45, 2.75) is 16.8 Å². The lowest BCUT2D eigenvalue weighted by Crippen LogP contribution is -2.24. The highest BCUT2D eigenvalue weighted by atomic mass is 32.2. The third-order valence-corrected chi connectivity index (χ3v) is 3.44. The molecule has 20 heavy (non-hydrogen) atoms. The zero-order valence-corrected chi connectivity index (χ0v) is 11.0. The number of thioether (sulfide) groups is 1. The van der Waals surface area contributed by atoms with Crippen molar-refractivity contribution in [1.82, 2.24) is 5.32 Å². The lowest BCUT2D eigenvalue weighted by Gasteiger charge is -2.10.